The maximum absolute atomic E-state index is 13.4. The molecule has 0 unspecified atom stereocenters. The van der Waals surface area contributed by atoms with Crippen LogP contribution in [0.5, 0.6) is 0 Å². The first kappa shape index (κ1) is 19.1. The van der Waals surface area contributed by atoms with Crippen LogP contribution in [0.4, 0.5) is 5.82 Å². The van der Waals surface area contributed by atoms with Crippen LogP contribution in [0, 0.1) is 11.3 Å². The van der Waals surface area contributed by atoms with E-state index >= 15 is 0 Å². The Bertz CT molecular complexity index is 1420. The summed E-state index contributed by atoms with van der Waals surface area (Å²) in [6.45, 7) is 1.70. The summed E-state index contributed by atoms with van der Waals surface area (Å²) < 4.78 is 3.42. The van der Waals surface area contributed by atoms with E-state index in [0.717, 1.165) is 37.0 Å². The highest BCUT2D eigenvalue weighted by atomic mass is 16.1. The molecule has 1 fully saturated rings. The zero-order valence-electron chi connectivity index (χ0n) is 17.3. The number of rotatable bonds is 3. The van der Waals surface area contributed by atoms with Gasteiger partial charge in [-0.2, -0.15) is 5.26 Å². The van der Waals surface area contributed by atoms with Crippen LogP contribution in [0.2, 0.25) is 0 Å². The fraction of sp³-hybridized carbons (Fsp3) is 0.250. The first-order valence-corrected chi connectivity index (χ1v) is 10.5. The van der Waals surface area contributed by atoms with Gasteiger partial charge in [-0.1, -0.05) is 18.2 Å². The number of pyridine rings is 1. The van der Waals surface area contributed by atoms with Gasteiger partial charge in [0.2, 0.25) is 0 Å². The van der Waals surface area contributed by atoms with Crippen LogP contribution in [0.3, 0.4) is 0 Å². The second-order valence-electron chi connectivity index (χ2n) is 7.78. The smallest absolute Gasteiger partial charge is 0.267 e. The van der Waals surface area contributed by atoms with E-state index in [1.807, 2.05) is 48.0 Å². The van der Waals surface area contributed by atoms with Crippen molar-refractivity contribution in [1.29, 1.82) is 5.26 Å². The molecule has 4 aromatic rings. The van der Waals surface area contributed by atoms with E-state index in [4.69, 9.17) is 4.98 Å². The molecule has 0 saturated carbocycles. The first-order valence-electron chi connectivity index (χ1n) is 10.5. The Morgan fingerprint density at radius 1 is 1.06 bits per heavy atom. The number of piperidine rings is 1. The molecule has 0 aliphatic carbocycles. The van der Waals surface area contributed by atoms with Crippen LogP contribution in [-0.2, 0) is 7.05 Å². The van der Waals surface area contributed by atoms with Gasteiger partial charge >= 0.3 is 0 Å². The lowest BCUT2D eigenvalue weighted by molar-refractivity contribution is 0.573. The van der Waals surface area contributed by atoms with E-state index in [1.54, 1.807) is 18.3 Å². The Morgan fingerprint density at radius 2 is 1.84 bits per heavy atom. The summed E-state index contributed by atoms with van der Waals surface area (Å²) in [4.78, 5) is 25.1. The third kappa shape index (κ3) is 3.26. The number of nitriles is 1. The molecule has 7 heteroatoms. The lowest BCUT2D eigenvalue weighted by Crippen LogP contribution is -2.33. The number of allylic oxidation sites excluding steroid dienone is 1. The summed E-state index contributed by atoms with van der Waals surface area (Å²) in [5, 5.41) is 9.98. The number of para-hydroxylation sites is 2. The molecule has 0 spiro atoms. The number of anilines is 1. The quantitative estimate of drug-likeness (QED) is 0.482. The van der Waals surface area contributed by atoms with Crippen LogP contribution >= 0.6 is 0 Å². The number of aromatic nitrogens is 4. The van der Waals surface area contributed by atoms with Crippen molar-refractivity contribution in [2.45, 2.75) is 19.3 Å². The van der Waals surface area contributed by atoms with Gasteiger partial charge in [0, 0.05) is 26.3 Å². The van der Waals surface area contributed by atoms with Crippen LogP contribution in [0.1, 0.15) is 30.7 Å². The third-order valence-electron chi connectivity index (χ3n) is 5.84. The predicted octanol–water partition coefficient (Wildman–Crippen LogP) is 3.64. The highest BCUT2D eigenvalue weighted by Gasteiger charge is 2.21. The second kappa shape index (κ2) is 7.73. The number of imidazole rings is 1. The van der Waals surface area contributed by atoms with Crippen molar-refractivity contribution in [2.75, 3.05) is 18.0 Å². The summed E-state index contributed by atoms with van der Waals surface area (Å²) in [5.74, 6) is 1.17. The number of hydrogen-bond donors (Lipinski definition) is 0. The van der Waals surface area contributed by atoms with Crippen molar-refractivity contribution >= 4 is 34.1 Å². The average Bonchev–Trinajstić information content (AvgIpc) is 3.15. The minimum atomic E-state index is -0.183. The van der Waals surface area contributed by atoms with Crippen molar-refractivity contribution < 1.29 is 0 Å². The van der Waals surface area contributed by atoms with E-state index in [9.17, 15) is 10.1 Å². The van der Waals surface area contributed by atoms with Gasteiger partial charge in [0.05, 0.1) is 22.2 Å². The normalized spacial score (nSPS) is 14.8. The molecule has 5 rings (SSSR count). The zero-order chi connectivity index (χ0) is 21.4. The van der Waals surface area contributed by atoms with Crippen molar-refractivity contribution in [3.05, 3.63) is 70.4 Å². The number of hydrogen-bond acceptors (Lipinski definition) is 5. The van der Waals surface area contributed by atoms with Crippen LogP contribution in [0.25, 0.3) is 28.3 Å². The van der Waals surface area contributed by atoms with Gasteiger partial charge in [0.1, 0.15) is 17.5 Å². The number of fused-ring (bicyclic) bond motifs is 2. The highest BCUT2D eigenvalue weighted by Crippen LogP contribution is 2.26. The molecule has 3 aromatic heterocycles. The Morgan fingerprint density at radius 3 is 2.61 bits per heavy atom. The third-order valence-corrected chi connectivity index (χ3v) is 5.84. The Kier molecular flexibility index (Phi) is 4.75. The van der Waals surface area contributed by atoms with E-state index in [0.29, 0.717) is 28.4 Å². The largest absolute Gasteiger partial charge is 0.356 e. The molecule has 1 saturated heterocycles. The second-order valence-corrected chi connectivity index (χ2v) is 7.78. The number of benzene rings is 1. The minimum absolute atomic E-state index is 0.183. The maximum atomic E-state index is 13.4. The van der Waals surface area contributed by atoms with Gasteiger partial charge in [0.15, 0.2) is 5.82 Å². The van der Waals surface area contributed by atoms with Crippen molar-refractivity contribution in [3.8, 4) is 6.07 Å². The molecule has 0 amide bonds. The molecular weight excluding hydrogens is 388 g/mol. The molecule has 1 aliphatic heterocycles. The maximum Gasteiger partial charge on any atom is 0.267 e. The fourth-order valence-electron chi connectivity index (χ4n) is 4.24. The van der Waals surface area contributed by atoms with Gasteiger partial charge in [-0.25, -0.2) is 9.97 Å². The molecule has 31 heavy (non-hydrogen) atoms. The summed E-state index contributed by atoms with van der Waals surface area (Å²) in [6.07, 6.45) is 6.67. The monoisotopic (exact) mass is 410 g/mol. The van der Waals surface area contributed by atoms with E-state index in [1.165, 1.54) is 10.8 Å². The first-order chi connectivity index (χ1) is 15.2. The molecular formula is C24H22N6O. The van der Waals surface area contributed by atoms with Crippen molar-refractivity contribution in [3.63, 3.8) is 0 Å². The molecule has 154 valence electrons. The molecule has 7 nitrogen and oxygen atoms in total. The Labute approximate surface area is 179 Å². The van der Waals surface area contributed by atoms with Gasteiger partial charge < -0.3 is 9.47 Å². The average molecular weight is 410 g/mol. The molecule has 4 heterocycles. The molecule has 1 aromatic carbocycles. The standard InChI is InChI=1S/C24H22N6O/c1-28-20-10-4-3-9-19(20)26-22(28)17(16-25)15-18-23(29-12-6-2-7-13-29)27-21-11-5-8-14-30(21)24(18)31/h3-5,8-11,14-15H,2,6-7,12-13H2,1H3/b17-15+. The van der Waals surface area contributed by atoms with Gasteiger partial charge in [-0.05, 0) is 49.6 Å². The number of nitrogens with zero attached hydrogens (tertiary/aromatic N) is 6. The Hall–Kier alpha value is -3.92. The van der Waals surface area contributed by atoms with E-state index in [2.05, 4.69) is 16.0 Å². The fourth-order valence-corrected chi connectivity index (χ4v) is 4.24. The van der Waals surface area contributed by atoms with Gasteiger partial charge in [-0.15, -0.1) is 0 Å². The molecule has 1 aliphatic rings. The highest BCUT2D eigenvalue weighted by molar-refractivity contribution is 5.92. The SMILES string of the molecule is Cn1c(/C(C#N)=C/c2c(N3CCCCC3)nc3ccccn3c2=O)nc2ccccc21. The van der Waals surface area contributed by atoms with E-state index in [-0.39, 0.29) is 5.56 Å². The summed E-state index contributed by atoms with van der Waals surface area (Å²) >= 11 is 0. The Balaban J connectivity index is 1.75. The topological polar surface area (TPSA) is 79.2 Å². The zero-order valence-corrected chi connectivity index (χ0v) is 17.3. The summed E-state index contributed by atoms with van der Waals surface area (Å²) in [7, 11) is 1.88. The number of aryl methyl sites for hydroxylation is 1. The van der Waals surface area contributed by atoms with Gasteiger partial charge in [0.25, 0.3) is 5.56 Å². The van der Waals surface area contributed by atoms with Crippen molar-refractivity contribution in [2.24, 2.45) is 7.05 Å². The summed E-state index contributed by atoms with van der Waals surface area (Å²) in [6, 6.07) is 15.5. The van der Waals surface area contributed by atoms with Crippen LogP contribution in [0.15, 0.2) is 53.5 Å². The minimum Gasteiger partial charge on any atom is -0.356 e. The molecule has 0 atom stereocenters. The molecule has 0 N–H and O–H groups in total. The van der Waals surface area contributed by atoms with Gasteiger partial charge in [-0.3, -0.25) is 9.20 Å². The van der Waals surface area contributed by atoms with E-state index < -0.39 is 0 Å². The summed E-state index contributed by atoms with van der Waals surface area (Å²) in [5.41, 5.74) is 2.93. The molecule has 0 radical (unpaired) electrons. The molecule has 0 bridgehead atoms. The van der Waals surface area contributed by atoms with Crippen LogP contribution < -0.4 is 10.5 Å². The lowest BCUT2D eigenvalue weighted by Gasteiger charge is -2.29. The van der Waals surface area contributed by atoms with Crippen molar-refractivity contribution in [1.82, 2.24) is 18.9 Å². The predicted molar refractivity (Wildman–Crippen MR) is 122 cm³/mol. The van der Waals surface area contributed by atoms with Crippen LogP contribution in [-0.4, -0.2) is 32.0 Å². The lowest BCUT2D eigenvalue weighted by atomic mass is 10.1.